The van der Waals surface area contributed by atoms with Crippen LogP contribution in [0.5, 0.6) is 0 Å². The van der Waals surface area contributed by atoms with Crippen molar-refractivity contribution in [2.24, 2.45) is 0 Å². The van der Waals surface area contributed by atoms with E-state index in [0.717, 1.165) is 24.8 Å². The van der Waals surface area contributed by atoms with Gasteiger partial charge in [-0.05, 0) is 30.6 Å². The lowest BCUT2D eigenvalue weighted by Gasteiger charge is -2.25. The van der Waals surface area contributed by atoms with Crippen LogP contribution >= 0.6 is 0 Å². The maximum absolute atomic E-state index is 11.2. The minimum Gasteiger partial charge on any atom is -0.427 e. The maximum Gasteiger partial charge on any atom is 0.310 e. The van der Waals surface area contributed by atoms with Gasteiger partial charge in [-0.3, -0.25) is 4.79 Å². The van der Waals surface area contributed by atoms with Crippen molar-refractivity contribution in [3.8, 4) is 0 Å². The first-order chi connectivity index (χ1) is 7.98. The Morgan fingerprint density at radius 2 is 2.18 bits per heavy atom. The normalized spacial score (nSPS) is 18.4. The van der Waals surface area contributed by atoms with Crippen LogP contribution < -0.4 is 0 Å². The van der Waals surface area contributed by atoms with Crippen molar-refractivity contribution in [1.29, 1.82) is 0 Å². The molecule has 0 radical (unpaired) electrons. The van der Waals surface area contributed by atoms with E-state index in [9.17, 15) is 15.0 Å². The van der Waals surface area contributed by atoms with Gasteiger partial charge in [0.15, 0.2) is 5.79 Å². The van der Waals surface area contributed by atoms with Crippen LogP contribution in [-0.4, -0.2) is 22.0 Å². The zero-order chi connectivity index (χ0) is 12.9. The number of unbranched alkanes of at least 4 members (excludes halogenated alkanes) is 1. The molecule has 0 heterocycles. The van der Waals surface area contributed by atoms with Crippen LogP contribution in [0, 0.1) is 0 Å². The summed E-state index contributed by atoms with van der Waals surface area (Å²) in [5, 5.41) is 19.1. The molecule has 2 N–H and O–H groups in total. The van der Waals surface area contributed by atoms with E-state index in [0.29, 0.717) is 12.2 Å². The highest BCUT2D eigenvalue weighted by Gasteiger charge is 2.27. The number of aliphatic hydroxyl groups is 2. The SMILES string of the molecule is CCCCC1=C(OC(=O)CC)C=CC(O)(O)C1. The van der Waals surface area contributed by atoms with E-state index in [4.69, 9.17) is 4.74 Å². The highest BCUT2D eigenvalue weighted by molar-refractivity contribution is 5.70. The molecule has 1 rings (SSSR count). The van der Waals surface area contributed by atoms with Gasteiger partial charge in [-0.25, -0.2) is 0 Å². The summed E-state index contributed by atoms with van der Waals surface area (Å²) >= 11 is 0. The summed E-state index contributed by atoms with van der Waals surface area (Å²) in [5.41, 5.74) is 0.793. The third kappa shape index (κ3) is 4.32. The van der Waals surface area contributed by atoms with Gasteiger partial charge >= 0.3 is 5.97 Å². The van der Waals surface area contributed by atoms with E-state index < -0.39 is 5.79 Å². The maximum atomic E-state index is 11.2. The number of hydrogen-bond donors (Lipinski definition) is 2. The minimum absolute atomic E-state index is 0.107. The number of carbonyl (C=O) groups is 1. The molecule has 0 saturated carbocycles. The average molecular weight is 240 g/mol. The molecule has 1 aliphatic rings. The van der Waals surface area contributed by atoms with Gasteiger partial charge in [-0.15, -0.1) is 0 Å². The smallest absolute Gasteiger partial charge is 0.310 e. The molecule has 0 aromatic heterocycles. The Hall–Kier alpha value is -1.13. The predicted molar refractivity (Wildman–Crippen MR) is 63.9 cm³/mol. The first kappa shape index (κ1) is 13.9. The summed E-state index contributed by atoms with van der Waals surface area (Å²) in [7, 11) is 0. The quantitative estimate of drug-likeness (QED) is 0.570. The van der Waals surface area contributed by atoms with Gasteiger partial charge in [0, 0.05) is 12.8 Å². The highest BCUT2D eigenvalue weighted by Crippen LogP contribution is 2.29. The minimum atomic E-state index is -1.81. The lowest BCUT2D eigenvalue weighted by atomic mass is 9.94. The summed E-state index contributed by atoms with van der Waals surface area (Å²) in [4.78, 5) is 11.2. The molecule has 0 fully saturated rings. The third-order valence-corrected chi connectivity index (χ3v) is 2.67. The Bertz CT molecular complexity index is 339. The van der Waals surface area contributed by atoms with E-state index in [-0.39, 0.29) is 12.4 Å². The zero-order valence-corrected chi connectivity index (χ0v) is 10.4. The van der Waals surface area contributed by atoms with Gasteiger partial charge in [0.1, 0.15) is 5.76 Å². The number of hydrogen-bond acceptors (Lipinski definition) is 4. The highest BCUT2D eigenvalue weighted by atomic mass is 16.5. The van der Waals surface area contributed by atoms with Gasteiger partial charge in [0.05, 0.1) is 0 Å². The van der Waals surface area contributed by atoms with Crippen molar-refractivity contribution >= 4 is 5.97 Å². The van der Waals surface area contributed by atoms with Gasteiger partial charge < -0.3 is 14.9 Å². The van der Waals surface area contributed by atoms with Crippen LogP contribution in [0.25, 0.3) is 0 Å². The van der Waals surface area contributed by atoms with Crippen molar-refractivity contribution < 1.29 is 19.7 Å². The van der Waals surface area contributed by atoms with Crippen LogP contribution in [-0.2, 0) is 9.53 Å². The second kappa shape index (κ2) is 5.98. The largest absolute Gasteiger partial charge is 0.427 e. The Balaban J connectivity index is 2.81. The fourth-order valence-electron chi connectivity index (χ4n) is 1.69. The van der Waals surface area contributed by atoms with Crippen LogP contribution in [0.1, 0.15) is 46.0 Å². The molecule has 0 saturated heterocycles. The second-order valence-electron chi connectivity index (χ2n) is 4.29. The Kier molecular flexibility index (Phi) is 4.90. The van der Waals surface area contributed by atoms with Crippen molar-refractivity contribution in [2.45, 2.75) is 51.7 Å². The molecule has 0 aliphatic heterocycles. The summed E-state index contributed by atoms with van der Waals surface area (Å²) in [6, 6.07) is 0. The molecule has 1 aliphatic carbocycles. The van der Waals surface area contributed by atoms with Crippen LogP contribution in [0.3, 0.4) is 0 Å². The number of esters is 1. The first-order valence-corrected chi connectivity index (χ1v) is 6.05. The number of rotatable bonds is 5. The molecule has 0 unspecified atom stereocenters. The lowest BCUT2D eigenvalue weighted by molar-refractivity contribution is -0.140. The fraction of sp³-hybridized carbons (Fsp3) is 0.615. The molecule has 96 valence electrons. The number of carbonyl (C=O) groups excluding carboxylic acids is 1. The van der Waals surface area contributed by atoms with Gasteiger partial charge in [-0.1, -0.05) is 20.3 Å². The van der Waals surface area contributed by atoms with Crippen LogP contribution in [0.15, 0.2) is 23.5 Å². The Morgan fingerprint density at radius 1 is 1.47 bits per heavy atom. The summed E-state index contributed by atoms with van der Waals surface area (Å²) in [6.45, 7) is 3.78. The first-order valence-electron chi connectivity index (χ1n) is 6.05. The van der Waals surface area contributed by atoms with Crippen LogP contribution in [0.2, 0.25) is 0 Å². The molecular formula is C13H20O4. The standard InChI is InChI=1S/C13H20O4/c1-3-5-6-10-9-13(15,16)8-7-11(10)17-12(14)4-2/h7-8,15-16H,3-6,9H2,1-2H3. The fourth-order valence-corrected chi connectivity index (χ4v) is 1.69. The molecule has 0 bridgehead atoms. The van der Waals surface area contributed by atoms with Gasteiger partial charge in [-0.2, -0.15) is 0 Å². The summed E-state index contributed by atoms with van der Waals surface area (Å²) in [5.74, 6) is -1.64. The molecule has 4 heteroatoms. The van der Waals surface area contributed by atoms with Crippen molar-refractivity contribution in [3.05, 3.63) is 23.5 Å². The molecule has 0 amide bonds. The molecular weight excluding hydrogens is 220 g/mol. The summed E-state index contributed by atoms with van der Waals surface area (Å²) in [6.07, 6.45) is 5.80. The van der Waals surface area contributed by atoms with E-state index in [1.165, 1.54) is 12.2 Å². The van der Waals surface area contributed by atoms with Crippen LogP contribution in [0.4, 0.5) is 0 Å². The number of ether oxygens (including phenoxy) is 1. The summed E-state index contributed by atoms with van der Waals surface area (Å²) < 4.78 is 5.18. The van der Waals surface area contributed by atoms with Crippen molar-refractivity contribution in [2.75, 3.05) is 0 Å². The van der Waals surface area contributed by atoms with E-state index in [1.807, 2.05) is 0 Å². The molecule has 4 nitrogen and oxygen atoms in total. The Morgan fingerprint density at radius 3 is 2.76 bits per heavy atom. The molecule has 0 spiro atoms. The van der Waals surface area contributed by atoms with Gasteiger partial charge in [0.2, 0.25) is 0 Å². The van der Waals surface area contributed by atoms with Crippen molar-refractivity contribution in [3.63, 3.8) is 0 Å². The zero-order valence-electron chi connectivity index (χ0n) is 10.4. The van der Waals surface area contributed by atoms with E-state index in [1.54, 1.807) is 6.92 Å². The third-order valence-electron chi connectivity index (χ3n) is 2.67. The predicted octanol–water partition coefficient (Wildman–Crippen LogP) is 2.02. The average Bonchev–Trinajstić information content (AvgIpc) is 2.28. The molecule has 17 heavy (non-hydrogen) atoms. The second-order valence-corrected chi connectivity index (χ2v) is 4.29. The lowest BCUT2D eigenvalue weighted by Crippen LogP contribution is -2.28. The van der Waals surface area contributed by atoms with E-state index in [2.05, 4.69) is 6.92 Å². The molecule has 0 atom stereocenters. The molecule has 0 aromatic rings. The topological polar surface area (TPSA) is 66.8 Å². The Labute approximate surface area is 102 Å². The van der Waals surface area contributed by atoms with E-state index >= 15 is 0 Å². The number of allylic oxidation sites excluding steroid dienone is 1. The van der Waals surface area contributed by atoms with Crippen molar-refractivity contribution in [1.82, 2.24) is 0 Å². The van der Waals surface area contributed by atoms with Gasteiger partial charge in [0.25, 0.3) is 0 Å². The monoisotopic (exact) mass is 240 g/mol. The molecule has 0 aromatic carbocycles.